The van der Waals surface area contributed by atoms with E-state index in [9.17, 15) is 9.90 Å². The van der Waals surface area contributed by atoms with Crippen molar-refractivity contribution in [3.8, 4) is 5.75 Å². The van der Waals surface area contributed by atoms with E-state index in [1.165, 1.54) is 0 Å². The Balaban J connectivity index is 1.92. The number of piperidine rings is 1. The van der Waals surface area contributed by atoms with Gasteiger partial charge in [0.2, 0.25) is 0 Å². The number of benzene rings is 1. The van der Waals surface area contributed by atoms with Crippen LogP contribution in [0.2, 0.25) is 0 Å². The molecule has 0 spiro atoms. The second-order valence-electron chi connectivity index (χ2n) is 4.97. The fourth-order valence-corrected chi connectivity index (χ4v) is 2.46. The minimum absolute atomic E-state index is 0.0378. The molecule has 0 aromatic heterocycles. The molecular formula is C15H21NO3. The molecule has 1 aliphatic heterocycles. The van der Waals surface area contributed by atoms with Crippen molar-refractivity contribution >= 4 is 5.91 Å². The number of para-hydroxylation sites is 1. The fourth-order valence-electron chi connectivity index (χ4n) is 2.46. The Kier molecular flexibility index (Phi) is 4.80. The van der Waals surface area contributed by atoms with Gasteiger partial charge in [-0.3, -0.25) is 4.79 Å². The molecule has 0 aliphatic carbocycles. The van der Waals surface area contributed by atoms with E-state index >= 15 is 0 Å². The number of hydrogen-bond acceptors (Lipinski definition) is 3. The number of aryl methyl sites for hydroxylation is 1. The van der Waals surface area contributed by atoms with Crippen LogP contribution in [0.15, 0.2) is 24.3 Å². The Hall–Kier alpha value is -1.55. The average Bonchev–Trinajstić information content (AvgIpc) is 2.46. The number of carbonyl (C=O) groups excluding carboxylic acids is 1. The predicted molar refractivity (Wildman–Crippen MR) is 73.1 cm³/mol. The summed E-state index contributed by atoms with van der Waals surface area (Å²) in [4.78, 5) is 13.9. The van der Waals surface area contributed by atoms with Gasteiger partial charge in [-0.25, -0.2) is 0 Å². The highest BCUT2D eigenvalue weighted by atomic mass is 16.5. The fraction of sp³-hybridized carbons (Fsp3) is 0.533. The zero-order valence-electron chi connectivity index (χ0n) is 11.3. The summed E-state index contributed by atoms with van der Waals surface area (Å²) >= 11 is 0. The van der Waals surface area contributed by atoms with Crippen LogP contribution in [0.5, 0.6) is 5.75 Å². The number of rotatable bonds is 4. The summed E-state index contributed by atoms with van der Waals surface area (Å²) in [5, 5.41) is 9.30. The molecule has 1 atom stereocenters. The topological polar surface area (TPSA) is 49.8 Å². The van der Waals surface area contributed by atoms with Crippen LogP contribution >= 0.6 is 0 Å². The highest BCUT2D eigenvalue weighted by molar-refractivity contribution is 5.78. The molecule has 1 unspecified atom stereocenters. The second-order valence-corrected chi connectivity index (χ2v) is 4.97. The number of nitrogens with zero attached hydrogens (tertiary/aromatic N) is 1. The zero-order chi connectivity index (χ0) is 13.7. The molecule has 1 saturated heterocycles. The van der Waals surface area contributed by atoms with Crippen LogP contribution < -0.4 is 4.74 Å². The number of aliphatic hydroxyl groups is 1. The minimum Gasteiger partial charge on any atom is -0.484 e. The summed E-state index contributed by atoms with van der Waals surface area (Å²) in [6.45, 7) is 2.76. The van der Waals surface area contributed by atoms with E-state index in [4.69, 9.17) is 4.74 Å². The highest BCUT2D eigenvalue weighted by Gasteiger charge is 2.26. The van der Waals surface area contributed by atoms with Gasteiger partial charge in [-0.05, 0) is 37.8 Å². The number of carbonyl (C=O) groups is 1. The van der Waals surface area contributed by atoms with Gasteiger partial charge in [-0.1, -0.05) is 18.2 Å². The van der Waals surface area contributed by atoms with E-state index in [1.807, 2.05) is 31.2 Å². The molecule has 1 heterocycles. The van der Waals surface area contributed by atoms with Crippen LogP contribution in [0.25, 0.3) is 0 Å². The monoisotopic (exact) mass is 263 g/mol. The number of likely N-dealkylation sites (tertiary alicyclic amines) is 1. The third-order valence-corrected chi connectivity index (χ3v) is 3.60. The third kappa shape index (κ3) is 3.47. The Labute approximate surface area is 114 Å². The van der Waals surface area contributed by atoms with Crippen molar-refractivity contribution in [1.29, 1.82) is 0 Å². The van der Waals surface area contributed by atoms with Gasteiger partial charge in [0, 0.05) is 6.54 Å². The molecule has 1 aliphatic rings. The standard InChI is InChI=1S/C15H21NO3/c1-12-6-2-3-8-14(12)19-11-15(18)16-9-5-4-7-13(16)10-17/h2-3,6,8,13,17H,4-5,7,9-11H2,1H3. The summed E-state index contributed by atoms with van der Waals surface area (Å²) in [5.74, 6) is 0.704. The SMILES string of the molecule is Cc1ccccc1OCC(=O)N1CCCCC1CO. The molecular weight excluding hydrogens is 242 g/mol. The highest BCUT2D eigenvalue weighted by Crippen LogP contribution is 2.19. The number of hydrogen-bond donors (Lipinski definition) is 1. The molecule has 1 aromatic rings. The molecule has 1 N–H and O–H groups in total. The molecule has 0 bridgehead atoms. The van der Waals surface area contributed by atoms with E-state index in [2.05, 4.69) is 0 Å². The van der Waals surface area contributed by atoms with E-state index in [-0.39, 0.29) is 25.2 Å². The minimum atomic E-state index is -0.0401. The third-order valence-electron chi connectivity index (χ3n) is 3.60. The molecule has 0 saturated carbocycles. The van der Waals surface area contributed by atoms with Crippen molar-refractivity contribution in [3.05, 3.63) is 29.8 Å². The lowest BCUT2D eigenvalue weighted by Crippen LogP contribution is -2.47. The van der Waals surface area contributed by atoms with Crippen molar-refractivity contribution in [3.63, 3.8) is 0 Å². The van der Waals surface area contributed by atoms with Crippen LogP contribution in [0.1, 0.15) is 24.8 Å². The smallest absolute Gasteiger partial charge is 0.260 e. The van der Waals surface area contributed by atoms with Crippen LogP contribution in [0.3, 0.4) is 0 Å². The number of amides is 1. The first kappa shape index (κ1) is 13.9. The zero-order valence-corrected chi connectivity index (χ0v) is 11.3. The maximum Gasteiger partial charge on any atom is 0.260 e. The molecule has 2 rings (SSSR count). The maximum atomic E-state index is 12.1. The normalized spacial score (nSPS) is 19.3. The molecule has 1 fully saturated rings. The number of aliphatic hydroxyl groups excluding tert-OH is 1. The number of ether oxygens (including phenoxy) is 1. The molecule has 1 aromatic carbocycles. The molecule has 4 heteroatoms. The summed E-state index contributed by atoms with van der Waals surface area (Å²) in [5.41, 5.74) is 1.02. The van der Waals surface area contributed by atoms with Gasteiger partial charge in [0.1, 0.15) is 5.75 Å². The Morgan fingerprint density at radius 3 is 2.95 bits per heavy atom. The lowest BCUT2D eigenvalue weighted by atomic mass is 10.0. The molecule has 19 heavy (non-hydrogen) atoms. The van der Waals surface area contributed by atoms with Gasteiger partial charge < -0.3 is 14.7 Å². The van der Waals surface area contributed by atoms with Crippen molar-refractivity contribution in [1.82, 2.24) is 4.90 Å². The summed E-state index contributed by atoms with van der Waals surface area (Å²) in [7, 11) is 0. The molecule has 1 amide bonds. The summed E-state index contributed by atoms with van der Waals surface area (Å²) in [6.07, 6.45) is 2.97. The van der Waals surface area contributed by atoms with Crippen LogP contribution in [0.4, 0.5) is 0 Å². The van der Waals surface area contributed by atoms with Gasteiger partial charge in [0.25, 0.3) is 5.91 Å². The van der Waals surface area contributed by atoms with Crippen molar-refractivity contribution < 1.29 is 14.6 Å². The first-order valence-corrected chi connectivity index (χ1v) is 6.81. The van der Waals surface area contributed by atoms with Crippen LogP contribution in [-0.4, -0.2) is 41.7 Å². The Morgan fingerprint density at radius 1 is 1.42 bits per heavy atom. The average molecular weight is 263 g/mol. The first-order valence-electron chi connectivity index (χ1n) is 6.81. The van der Waals surface area contributed by atoms with Crippen LogP contribution in [0, 0.1) is 6.92 Å². The molecule has 4 nitrogen and oxygen atoms in total. The summed E-state index contributed by atoms with van der Waals surface area (Å²) in [6, 6.07) is 7.61. The van der Waals surface area contributed by atoms with Crippen molar-refractivity contribution in [2.24, 2.45) is 0 Å². The van der Waals surface area contributed by atoms with Gasteiger partial charge in [-0.15, -0.1) is 0 Å². The van der Waals surface area contributed by atoms with Gasteiger partial charge in [0.15, 0.2) is 6.61 Å². The first-order chi connectivity index (χ1) is 9.22. The molecule has 0 radical (unpaired) electrons. The quantitative estimate of drug-likeness (QED) is 0.900. The van der Waals surface area contributed by atoms with Crippen molar-refractivity contribution in [2.75, 3.05) is 19.8 Å². The predicted octanol–water partition coefficient (Wildman–Crippen LogP) is 1.75. The van der Waals surface area contributed by atoms with Gasteiger partial charge >= 0.3 is 0 Å². The van der Waals surface area contributed by atoms with Crippen LogP contribution in [-0.2, 0) is 4.79 Å². The van der Waals surface area contributed by atoms with Gasteiger partial charge in [0.05, 0.1) is 12.6 Å². The largest absolute Gasteiger partial charge is 0.484 e. The summed E-state index contributed by atoms with van der Waals surface area (Å²) < 4.78 is 5.57. The van der Waals surface area contributed by atoms with Crippen molar-refractivity contribution in [2.45, 2.75) is 32.2 Å². The van der Waals surface area contributed by atoms with E-state index in [0.717, 1.165) is 37.1 Å². The van der Waals surface area contributed by atoms with E-state index in [1.54, 1.807) is 4.90 Å². The maximum absolute atomic E-state index is 12.1. The van der Waals surface area contributed by atoms with Gasteiger partial charge in [-0.2, -0.15) is 0 Å². The Bertz CT molecular complexity index is 433. The van der Waals surface area contributed by atoms with E-state index in [0.29, 0.717) is 0 Å². The lowest BCUT2D eigenvalue weighted by molar-refractivity contribution is -0.138. The Morgan fingerprint density at radius 2 is 2.21 bits per heavy atom. The second kappa shape index (κ2) is 6.57. The lowest BCUT2D eigenvalue weighted by Gasteiger charge is -2.34. The molecule has 104 valence electrons. The van der Waals surface area contributed by atoms with E-state index < -0.39 is 0 Å².